The third-order valence-electron chi connectivity index (χ3n) is 3.87. The lowest BCUT2D eigenvalue weighted by Gasteiger charge is -2.19. The van der Waals surface area contributed by atoms with Crippen LogP contribution in [0.15, 0.2) is 24.4 Å². The van der Waals surface area contributed by atoms with E-state index in [0.29, 0.717) is 18.9 Å². The van der Waals surface area contributed by atoms with Crippen LogP contribution in [0.1, 0.15) is 29.9 Å². The Morgan fingerprint density at radius 3 is 2.45 bits per heavy atom. The van der Waals surface area contributed by atoms with Crippen molar-refractivity contribution in [2.24, 2.45) is 0 Å². The molecule has 0 saturated carbocycles. The fourth-order valence-electron chi connectivity index (χ4n) is 2.56. The minimum atomic E-state index is -4.53. The topological polar surface area (TPSA) is 81.5 Å². The van der Waals surface area contributed by atoms with E-state index in [9.17, 15) is 18.0 Å². The molecule has 0 aliphatic rings. The first-order chi connectivity index (χ1) is 13.7. The van der Waals surface area contributed by atoms with E-state index in [1.54, 1.807) is 19.0 Å². The van der Waals surface area contributed by atoms with Crippen molar-refractivity contribution in [3.8, 4) is 0 Å². The first-order valence-electron chi connectivity index (χ1n) is 8.99. The maximum absolute atomic E-state index is 13.0. The molecule has 0 radical (unpaired) electrons. The Bertz CT molecular complexity index is 817. The van der Waals surface area contributed by atoms with Crippen LogP contribution < -0.4 is 10.2 Å². The van der Waals surface area contributed by atoms with Crippen molar-refractivity contribution in [1.29, 1.82) is 0 Å². The van der Waals surface area contributed by atoms with E-state index in [-0.39, 0.29) is 17.9 Å². The summed E-state index contributed by atoms with van der Waals surface area (Å²) in [6.45, 7) is 4.74. The molecule has 1 N–H and O–H groups in total. The number of hydrogen-bond acceptors (Lipinski definition) is 6. The van der Waals surface area contributed by atoms with Gasteiger partial charge in [-0.05, 0) is 32.0 Å². The summed E-state index contributed by atoms with van der Waals surface area (Å²) in [6.07, 6.45) is -3.70. The lowest BCUT2D eigenvalue weighted by atomic mass is 10.1. The van der Waals surface area contributed by atoms with Crippen LogP contribution in [0.5, 0.6) is 0 Å². The molecule has 1 amide bonds. The largest absolute Gasteiger partial charge is 0.416 e. The number of alkyl halides is 3. The molecule has 0 saturated heterocycles. The predicted octanol–water partition coefficient (Wildman–Crippen LogP) is 3.01. The quantitative estimate of drug-likeness (QED) is 0.634. The Kier molecular flexibility index (Phi) is 7.57. The van der Waals surface area contributed by atoms with Crippen LogP contribution in [0.3, 0.4) is 0 Å². The highest BCUT2D eigenvalue weighted by Crippen LogP contribution is 2.35. The summed E-state index contributed by atoms with van der Waals surface area (Å²) in [6, 6.07) is 3.14. The normalized spacial score (nSPS) is 11.7. The molecule has 8 nitrogen and oxygen atoms in total. The van der Waals surface area contributed by atoms with Crippen molar-refractivity contribution in [2.45, 2.75) is 32.9 Å². The van der Waals surface area contributed by atoms with E-state index in [1.165, 1.54) is 16.9 Å². The van der Waals surface area contributed by atoms with Crippen molar-refractivity contribution in [2.75, 3.05) is 37.5 Å². The van der Waals surface area contributed by atoms with Gasteiger partial charge in [0.05, 0.1) is 29.7 Å². The van der Waals surface area contributed by atoms with Gasteiger partial charge in [0.15, 0.2) is 12.0 Å². The second-order valence-corrected chi connectivity index (χ2v) is 6.24. The SMILES string of the molecule is CCOC(Cn1cc(C(=O)Nc2cc(C(F)(F)F)ccc2N(C)C)nn1)OCC. The molecule has 29 heavy (non-hydrogen) atoms. The van der Waals surface area contributed by atoms with Gasteiger partial charge in [0.2, 0.25) is 0 Å². The van der Waals surface area contributed by atoms with Crippen LogP contribution in [-0.4, -0.2) is 54.5 Å². The van der Waals surface area contributed by atoms with Gasteiger partial charge in [-0.3, -0.25) is 4.79 Å². The molecule has 11 heteroatoms. The van der Waals surface area contributed by atoms with E-state index in [4.69, 9.17) is 9.47 Å². The zero-order valence-electron chi connectivity index (χ0n) is 16.7. The number of carbonyl (C=O) groups excluding carboxylic acids is 1. The molecule has 0 aliphatic carbocycles. The van der Waals surface area contributed by atoms with Gasteiger partial charge in [0.25, 0.3) is 5.91 Å². The summed E-state index contributed by atoms with van der Waals surface area (Å²) >= 11 is 0. The molecule has 160 valence electrons. The van der Waals surface area contributed by atoms with Crippen LogP contribution in [0.4, 0.5) is 24.5 Å². The van der Waals surface area contributed by atoms with E-state index in [1.807, 2.05) is 13.8 Å². The number of benzene rings is 1. The summed E-state index contributed by atoms with van der Waals surface area (Å²) in [5, 5.41) is 10.1. The molecule has 2 aromatic rings. The van der Waals surface area contributed by atoms with E-state index < -0.39 is 23.9 Å². The summed E-state index contributed by atoms with van der Waals surface area (Å²) in [7, 11) is 3.33. The number of nitrogens with one attached hydrogen (secondary N) is 1. The Morgan fingerprint density at radius 1 is 1.24 bits per heavy atom. The van der Waals surface area contributed by atoms with Crippen molar-refractivity contribution in [1.82, 2.24) is 15.0 Å². The number of rotatable bonds is 9. The van der Waals surface area contributed by atoms with Crippen LogP contribution in [-0.2, 0) is 22.2 Å². The van der Waals surface area contributed by atoms with Gasteiger partial charge in [-0.15, -0.1) is 5.10 Å². The standard InChI is InChI=1S/C18H24F3N5O3/c1-5-28-16(29-6-2)11-26-10-14(23-24-26)17(27)22-13-9-12(18(19,20)21)7-8-15(13)25(3)4/h7-10,16H,5-6,11H2,1-4H3,(H,22,27). The Balaban J connectivity index is 2.19. The summed E-state index contributed by atoms with van der Waals surface area (Å²) in [5.41, 5.74) is -0.463. The second kappa shape index (κ2) is 9.70. The maximum atomic E-state index is 13.0. The molecule has 0 unspecified atom stereocenters. The number of anilines is 2. The smallest absolute Gasteiger partial charge is 0.376 e. The average molecular weight is 415 g/mol. The summed E-state index contributed by atoms with van der Waals surface area (Å²) in [5.74, 6) is -0.678. The highest BCUT2D eigenvalue weighted by Gasteiger charge is 2.31. The number of ether oxygens (including phenoxy) is 2. The number of carbonyl (C=O) groups is 1. The fraction of sp³-hybridized carbons (Fsp3) is 0.500. The Morgan fingerprint density at radius 2 is 1.90 bits per heavy atom. The zero-order valence-corrected chi connectivity index (χ0v) is 16.7. The van der Waals surface area contributed by atoms with Gasteiger partial charge < -0.3 is 19.7 Å². The zero-order chi connectivity index (χ0) is 21.6. The van der Waals surface area contributed by atoms with Crippen LogP contribution >= 0.6 is 0 Å². The first-order valence-corrected chi connectivity index (χ1v) is 8.99. The highest BCUT2D eigenvalue weighted by molar-refractivity contribution is 6.04. The third kappa shape index (κ3) is 6.16. The molecule has 0 aliphatic heterocycles. The van der Waals surface area contributed by atoms with Gasteiger partial charge in [0.1, 0.15) is 0 Å². The predicted molar refractivity (Wildman–Crippen MR) is 101 cm³/mol. The van der Waals surface area contributed by atoms with E-state index in [0.717, 1.165) is 12.1 Å². The van der Waals surface area contributed by atoms with Crippen LogP contribution in [0.2, 0.25) is 0 Å². The number of nitrogens with zero attached hydrogens (tertiary/aromatic N) is 4. The Hall–Kier alpha value is -2.66. The number of amides is 1. The summed E-state index contributed by atoms with van der Waals surface area (Å²) in [4.78, 5) is 14.1. The molecule has 1 aromatic carbocycles. The number of hydrogen-bond donors (Lipinski definition) is 1. The number of halogens is 3. The lowest BCUT2D eigenvalue weighted by molar-refractivity contribution is -0.145. The van der Waals surface area contributed by atoms with Crippen molar-refractivity contribution in [3.05, 3.63) is 35.7 Å². The van der Waals surface area contributed by atoms with Crippen LogP contribution in [0.25, 0.3) is 0 Å². The molecule has 0 spiro atoms. The van der Waals surface area contributed by atoms with Crippen molar-refractivity contribution < 1.29 is 27.4 Å². The van der Waals surface area contributed by atoms with Crippen molar-refractivity contribution in [3.63, 3.8) is 0 Å². The highest BCUT2D eigenvalue weighted by atomic mass is 19.4. The maximum Gasteiger partial charge on any atom is 0.416 e. The molecular formula is C18H24F3N5O3. The molecular weight excluding hydrogens is 391 g/mol. The van der Waals surface area contributed by atoms with Gasteiger partial charge in [-0.25, -0.2) is 4.68 Å². The summed E-state index contributed by atoms with van der Waals surface area (Å²) < 4.78 is 51.3. The van der Waals surface area contributed by atoms with E-state index in [2.05, 4.69) is 15.6 Å². The molecule has 0 bridgehead atoms. The van der Waals surface area contributed by atoms with Crippen LogP contribution in [0, 0.1) is 0 Å². The van der Waals surface area contributed by atoms with Gasteiger partial charge in [-0.1, -0.05) is 5.21 Å². The molecule has 1 aromatic heterocycles. The van der Waals surface area contributed by atoms with Crippen molar-refractivity contribution >= 4 is 17.3 Å². The monoisotopic (exact) mass is 415 g/mol. The Labute approximate surface area is 166 Å². The second-order valence-electron chi connectivity index (χ2n) is 6.24. The average Bonchev–Trinajstić information content (AvgIpc) is 3.10. The van der Waals surface area contributed by atoms with Gasteiger partial charge >= 0.3 is 6.18 Å². The third-order valence-corrected chi connectivity index (χ3v) is 3.87. The first kappa shape index (κ1) is 22.6. The molecule has 0 atom stereocenters. The molecule has 1 heterocycles. The molecule has 0 fully saturated rings. The molecule has 2 rings (SSSR count). The van der Waals surface area contributed by atoms with Gasteiger partial charge in [0, 0.05) is 27.3 Å². The lowest BCUT2D eigenvalue weighted by Crippen LogP contribution is -2.24. The van der Waals surface area contributed by atoms with Gasteiger partial charge in [-0.2, -0.15) is 13.2 Å². The minimum Gasteiger partial charge on any atom is -0.376 e. The van der Waals surface area contributed by atoms with E-state index >= 15 is 0 Å². The number of aromatic nitrogens is 3. The minimum absolute atomic E-state index is 0.0193. The fourth-order valence-corrected chi connectivity index (χ4v) is 2.56.